The number of pyridine rings is 2. The first-order valence-corrected chi connectivity index (χ1v) is 6.61. The van der Waals surface area contributed by atoms with Gasteiger partial charge in [-0.2, -0.15) is 0 Å². The smallest absolute Gasteiger partial charge is 0.223 e. The molecule has 0 saturated heterocycles. The number of ketones is 2. The minimum atomic E-state index is 0.0632. The summed E-state index contributed by atoms with van der Waals surface area (Å²) in [5.41, 5.74) is 1.39. The molecule has 0 unspecified atom stereocenters. The Kier molecular flexibility index (Phi) is 6.69. The van der Waals surface area contributed by atoms with Crippen molar-refractivity contribution < 1.29 is 28.7 Å². The lowest BCUT2D eigenvalue weighted by atomic mass is 10.2. The van der Waals surface area contributed by atoms with Crippen molar-refractivity contribution >= 4 is 11.6 Å². The van der Waals surface area contributed by atoms with Crippen LogP contribution in [-0.4, -0.2) is 25.8 Å². The third-order valence-corrected chi connectivity index (χ3v) is 2.84. The molecule has 22 heavy (non-hydrogen) atoms. The molecule has 0 atom stereocenters. The maximum Gasteiger partial charge on any atom is 0.223 e. The number of nitrogens with zero attached hydrogens (tertiary/aromatic N) is 2. The van der Waals surface area contributed by atoms with E-state index in [9.17, 15) is 9.59 Å². The van der Waals surface area contributed by atoms with Crippen molar-refractivity contribution in [1.29, 1.82) is 0 Å². The Morgan fingerprint density at radius 2 is 1.00 bits per heavy atom. The van der Waals surface area contributed by atoms with Crippen molar-refractivity contribution in [1.82, 2.24) is 0 Å². The molecule has 2 heterocycles. The molecule has 2 aromatic heterocycles. The molecule has 0 spiro atoms. The van der Waals surface area contributed by atoms with E-state index >= 15 is 0 Å². The van der Waals surface area contributed by atoms with Crippen LogP contribution in [0.15, 0.2) is 49.1 Å². The molecular weight excluding hydrogens is 284 g/mol. The fraction of sp³-hybridized carbons (Fsp3) is 0.250. The first kappa shape index (κ1) is 17.3. The van der Waals surface area contributed by atoms with Crippen LogP contribution in [0.4, 0.5) is 0 Å². The molecular formula is C16H20N2O4+2. The van der Waals surface area contributed by atoms with E-state index in [2.05, 4.69) is 0 Å². The topological polar surface area (TPSA) is 60.4 Å². The van der Waals surface area contributed by atoms with Crippen LogP contribution in [0.3, 0.4) is 0 Å². The molecule has 0 bridgehead atoms. The summed E-state index contributed by atoms with van der Waals surface area (Å²) in [6.07, 6.45) is 6.76. The predicted molar refractivity (Wildman–Crippen MR) is 78.3 cm³/mol. The van der Waals surface area contributed by atoms with Gasteiger partial charge in [-0.05, 0) is 13.8 Å². The molecule has 116 valence electrons. The molecule has 2 rings (SSSR count). The van der Waals surface area contributed by atoms with E-state index in [0.29, 0.717) is 11.1 Å². The maximum atomic E-state index is 10.8. The minimum Gasteiger partial charge on any atom is -0.295 e. The molecule has 0 aliphatic heterocycles. The summed E-state index contributed by atoms with van der Waals surface area (Å²) in [5, 5.41) is 0. The Morgan fingerprint density at radius 1 is 0.727 bits per heavy atom. The first-order valence-electron chi connectivity index (χ1n) is 6.61. The number of carbonyl (C=O) groups excluding carboxylic acids is 2. The molecule has 2 aromatic rings. The van der Waals surface area contributed by atoms with Crippen molar-refractivity contribution in [3.05, 3.63) is 60.2 Å². The van der Waals surface area contributed by atoms with E-state index in [0.717, 1.165) is 0 Å². The number of hydrogen-bond donors (Lipinski definition) is 0. The Hall–Kier alpha value is -2.76. The zero-order valence-corrected chi connectivity index (χ0v) is 13.1. The summed E-state index contributed by atoms with van der Waals surface area (Å²) < 4.78 is 3.04. The van der Waals surface area contributed by atoms with Crippen molar-refractivity contribution in [3.8, 4) is 0 Å². The van der Waals surface area contributed by atoms with Crippen molar-refractivity contribution in [2.45, 2.75) is 13.8 Å². The molecule has 6 heteroatoms. The third kappa shape index (κ3) is 5.32. The molecule has 0 fully saturated rings. The number of carbonyl (C=O) groups is 2. The van der Waals surface area contributed by atoms with Gasteiger partial charge in [0.2, 0.25) is 24.8 Å². The van der Waals surface area contributed by atoms with Gasteiger partial charge in [-0.3, -0.25) is 19.3 Å². The number of rotatable bonds is 4. The molecule has 0 amide bonds. The Labute approximate surface area is 129 Å². The fourth-order valence-electron chi connectivity index (χ4n) is 1.54. The first-order chi connectivity index (χ1) is 10.5. The van der Waals surface area contributed by atoms with Gasteiger partial charge in [0.25, 0.3) is 0 Å². The van der Waals surface area contributed by atoms with Crippen LogP contribution in [-0.2, 0) is 0 Å². The Balaban J connectivity index is 0.000000220. The molecule has 0 aliphatic rings. The van der Waals surface area contributed by atoms with Gasteiger partial charge in [-0.15, -0.1) is 0 Å². The van der Waals surface area contributed by atoms with Crippen molar-refractivity contribution in [2.75, 3.05) is 14.2 Å². The van der Waals surface area contributed by atoms with E-state index < -0.39 is 0 Å². The number of hydrogen-bond acceptors (Lipinski definition) is 4. The van der Waals surface area contributed by atoms with Gasteiger partial charge in [-0.1, -0.05) is 0 Å². The van der Waals surface area contributed by atoms with Gasteiger partial charge in [-0.25, -0.2) is 0 Å². The largest absolute Gasteiger partial charge is 0.295 e. The van der Waals surface area contributed by atoms with Crippen molar-refractivity contribution in [3.63, 3.8) is 0 Å². The monoisotopic (exact) mass is 304 g/mol. The van der Waals surface area contributed by atoms with Crippen LogP contribution in [0.5, 0.6) is 0 Å². The summed E-state index contributed by atoms with van der Waals surface area (Å²) in [5.74, 6) is 0.126. The van der Waals surface area contributed by atoms with Crippen LogP contribution in [0.25, 0.3) is 0 Å². The van der Waals surface area contributed by atoms with Crippen LogP contribution >= 0.6 is 0 Å². The lowest BCUT2D eigenvalue weighted by molar-refractivity contribution is -0.885. The average molecular weight is 304 g/mol. The van der Waals surface area contributed by atoms with E-state index in [1.54, 1.807) is 63.3 Å². The summed E-state index contributed by atoms with van der Waals surface area (Å²) >= 11 is 0. The fourth-order valence-corrected chi connectivity index (χ4v) is 1.54. The molecule has 0 saturated carbocycles. The number of Topliss-reactive ketones (excluding diaryl/α,β-unsaturated/α-hetero) is 2. The highest BCUT2D eigenvalue weighted by atomic mass is 16.6. The van der Waals surface area contributed by atoms with Crippen LogP contribution in [0.1, 0.15) is 34.6 Å². The molecule has 0 aromatic carbocycles. The summed E-state index contributed by atoms with van der Waals surface area (Å²) in [6, 6.07) is 6.86. The van der Waals surface area contributed by atoms with Gasteiger partial charge < -0.3 is 0 Å². The molecule has 0 N–H and O–H groups in total. The lowest BCUT2D eigenvalue weighted by Crippen LogP contribution is -2.39. The highest BCUT2D eigenvalue weighted by Gasteiger charge is 2.03. The Bertz CT molecular complexity index is 564. The van der Waals surface area contributed by atoms with Crippen LogP contribution < -0.4 is 19.1 Å². The minimum absolute atomic E-state index is 0.0632. The van der Waals surface area contributed by atoms with Gasteiger partial charge in [0, 0.05) is 44.9 Å². The average Bonchev–Trinajstić information content (AvgIpc) is 2.55. The van der Waals surface area contributed by atoms with Gasteiger partial charge in [0.1, 0.15) is 14.2 Å². The second kappa shape index (κ2) is 8.51. The van der Waals surface area contributed by atoms with Gasteiger partial charge in [0.05, 0.1) is 0 Å². The molecule has 6 nitrogen and oxygen atoms in total. The zero-order valence-electron chi connectivity index (χ0n) is 13.1. The standard InChI is InChI=1S/2C8H10NO2/c2*1-7(10)8-3-5-9(11-2)6-4-8/h2*3-6H,1-2H3/q2*+1. The third-order valence-electron chi connectivity index (χ3n) is 2.84. The summed E-state index contributed by atoms with van der Waals surface area (Å²) in [7, 11) is 3.13. The highest BCUT2D eigenvalue weighted by molar-refractivity contribution is 5.94. The lowest BCUT2D eigenvalue weighted by Gasteiger charge is -1.91. The highest BCUT2D eigenvalue weighted by Crippen LogP contribution is 1.95. The van der Waals surface area contributed by atoms with E-state index in [1.165, 1.54) is 23.3 Å². The van der Waals surface area contributed by atoms with E-state index in [1.807, 2.05) is 0 Å². The predicted octanol–water partition coefficient (Wildman–Crippen LogP) is 0.470. The van der Waals surface area contributed by atoms with Crippen LogP contribution in [0.2, 0.25) is 0 Å². The normalized spacial score (nSPS) is 9.27. The van der Waals surface area contributed by atoms with Crippen molar-refractivity contribution in [2.24, 2.45) is 0 Å². The van der Waals surface area contributed by atoms with Crippen LogP contribution in [0, 0.1) is 0 Å². The second-order valence-electron chi connectivity index (χ2n) is 4.37. The maximum absolute atomic E-state index is 10.8. The molecule has 0 aliphatic carbocycles. The zero-order chi connectivity index (χ0) is 16.5. The number of aromatic nitrogens is 2. The summed E-state index contributed by atoms with van der Waals surface area (Å²) in [4.78, 5) is 31.3. The SMILES string of the molecule is CO[n+]1ccc(C(C)=O)cc1.CO[n+]1ccc(C(C)=O)cc1. The Morgan fingerprint density at radius 3 is 1.18 bits per heavy atom. The second-order valence-corrected chi connectivity index (χ2v) is 4.37. The van der Waals surface area contributed by atoms with Gasteiger partial charge >= 0.3 is 0 Å². The molecule has 0 radical (unpaired) electrons. The van der Waals surface area contributed by atoms with Gasteiger partial charge in [0.15, 0.2) is 11.6 Å². The quantitative estimate of drug-likeness (QED) is 0.608. The van der Waals surface area contributed by atoms with E-state index in [4.69, 9.17) is 9.68 Å². The summed E-state index contributed by atoms with van der Waals surface area (Å²) in [6.45, 7) is 3.07. The van der Waals surface area contributed by atoms with E-state index in [-0.39, 0.29) is 11.6 Å².